The van der Waals surface area contributed by atoms with Gasteiger partial charge in [0.05, 0.1) is 11.4 Å². The highest BCUT2D eigenvalue weighted by molar-refractivity contribution is 9.10. The van der Waals surface area contributed by atoms with Crippen molar-refractivity contribution in [2.24, 2.45) is 5.73 Å². The van der Waals surface area contributed by atoms with E-state index in [1.54, 1.807) is 6.07 Å². The molecule has 8 heteroatoms. The Morgan fingerprint density at radius 3 is 2.55 bits per heavy atom. The predicted molar refractivity (Wildman–Crippen MR) is 81.4 cm³/mol. The van der Waals surface area contributed by atoms with Gasteiger partial charge in [-0.05, 0) is 40.5 Å². The molecule has 1 rings (SSSR count). The van der Waals surface area contributed by atoms with Crippen molar-refractivity contribution in [1.29, 1.82) is 0 Å². The molecule has 1 amide bonds. The average Bonchev–Trinajstić information content (AvgIpc) is 2.37. The van der Waals surface area contributed by atoms with Crippen LogP contribution in [0.25, 0.3) is 0 Å². The molecule has 20 heavy (non-hydrogen) atoms. The first-order chi connectivity index (χ1) is 9.28. The number of nitrogens with zero attached hydrogens (tertiary/aromatic N) is 1. The minimum atomic E-state index is -3.78. The number of nitrogens with two attached hydrogens (primary N) is 2. The summed E-state index contributed by atoms with van der Waals surface area (Å²) in [7, 11) is -3.78. The lowest BCUT2D eigenvalue weighted by atomic mass is 10.3. The van der Waals surface area contributed by atoms with Crippen molar-refractivity contribution < 1.29 is 13.2 Å². The van der Waals surface area contributed by atoms with Crippen LogP contribution in [0.5, 0.6) is 0 Å². The first-order valence-corrected chi connectivity index (χ1v) is 8.35. The van der Waals surface area contributed by atoms with E-state index in [0.29, 0.717) is 16.6 Å². The lowest BCUT2D eigenvalue weighted by molar-refractivity contribution is -0.118. The molecule has 0 bridgehead atoms. The quantitative estimate of drug-likeness (QED) is 0.712. The van der Waals surface area contributed by atoms with E-state index in [1.165, 1.54) is 12.1 Å². The van der Waals surface area contributed by atoms with Crippen molar-refractivity contribution in [3.63, 3.8) is 0 Å². The molecule has 6 nitrogen and oxygen atoms in total. The zero-order valence-electron chi connectivity index (χ0n) is 11.2. The molecule has 0 fully saturated rings. The number of rotatable bonds is 7. The summed E-state index contributed by atoms with van der Waals surface area (Å²) < 4.78 is 26.7. The molecule has 0 aromatic heterocycles. The summed E-state index contributed by atoms with van der Waals surface area (Å²) >= 11 is 3.21. The lowest BCUT2D eigenvalue weighted by Gasteiger charge is -2.20. The molecular formula is C12H18BrN3O3S. The summed E-state index contributed by atoms with van der Waals surface area (Å²) in [5.41, 5.74) is 11.1. The first-order valence-electron chi connectivity index (χ1n) is 6.12. The highest BCUT2D eigenvalue weighted by Gasteiger charge is 2.25. The Kier molecular flexibility index (Phi) is 5.97. The summed E-state index contributed by atoms with van der Waals surface area (Å²) in [6.07, 6.45) is 1.46. The Morgan fingerprint density at radius 2 is 2.05 bits per heavy atom. The van der Waals surface area contributed by atoms with Crippen molar-refractivity contribution in [3.8, 4) is 0 Å². The average molecular weight is 364 g/mol. The van der Waals surface area contributed by atoms with E-state index < -0.39 is 15.9 Å². The molecule has 0 aliphatic heterocycles. The standard InChI is InChI=1S/C12H18BrN3O3S/c1-2-3-6-16(8-12(15)17)20(18,19)9-4-5-10(13)11(14)7-9/h4-5,7H,2-3,6,8,14H2,1H3,(H2,15,17). The normalized spacial score (nSPS) is 11.8. The van der Waals surface area contributed by atoms with E-state index in [1.807, 2.05) is 6.92 Å². The molecule has 1 aromatic rings. The Balaban J connectivity index is 3.13. The summed E-state index contributed by atoms with van der Waals surface area (Å²) in [6.45, 7) is 1.85. The van der Waals surface area contributed by atoms with E-state index in [0.717, 1.165) is 10.7 Å². The Bertz CT molecular complexity index is 590. The molecule has 0 radical (unpaired) electrons. The van der Waals surface area contributed by atoms with Crippen LogP contribution in [0.1, 0.15) is 19.8 Å². The van der Waals surface area contributed by atoms with E-state index in [-0.39, 0.29) is 18.0 Å². The zero-order chi connectivity index (χ0) is 15.3. The maximum absolute atomic E-state index is 12.5. The molecule has 0 atom stereocenters. The third-order valence-electron chi connectivity index (χ3n) is 2.70. The molecule has 0 aliphatic carbocycles. The first kappa shape index (κ1) is 16.9. The van der Waals surface area contributed by atoms with Crippen molar-refractivity contribution in [2.45, 2.75) is 24.7 Å². The summed E-state index contributed by atoms with van der Waals surface area (Å²) in [6, 6.07) is 4.36. The Morgan fingerprint density at radius 1 is 1.40 bits per heavy atom. The monoisotopic (exact) mass is 363 g/mol. The number of carbonyl (C=O) groups excluding carboxylic acids is 1. The second kappa shape index (κ2) is 7.05. The van der Waals surface area contributed by atoms with Crippen molar-refractivity contribution in [2.75, 3.05) is 18.8 Å². The van der Waals surface area contributed by atoms with Gasteiger partial charge in [-0.15, -0.1) is 0 Å². The molecule has 1 aromatic carbocycles. The van der Waals surface area contributed by atoms with Gasteiger partial charge in [0.2, 0.25) is 15.9 Å². The topological polar surface area (TPSA) is 106 Å². The van der Waals surface area contributed by atoms with Crippen LogP contribution >= 0.6 is 15.9 Å². The van der Waals surface area contributed by atoms with Gasteiger partial charge in [0.15, 0.2) is 0 Å². The molecular weight excluding hydrogens is 346 g/mol. The summed E-state index contributed by atoms with van der Waals surface area (Å²) in [5.74, 6) is -0.685. The van der Waals surface area contributed by atoms with Gasteiger partial charge < -0.3 is 11.5 Å². The summed E-state index contributed by atoms with van der Waals surface area (Å²) in [4.78, 5) is 11.1. The SMILES string of the molecule is CCCCN(CC(N)=O)S(=O)(=O)c1ccc(Br)c(N)c1. The number of sulfonamides is 1. The van der Waals surface area contributed by atoms with Crippen molar-refractivity contribution in [3.05, 3.63) is 22.7 Å². The third-order valence-corrected chi connectivity index (χ3v) is 5.26. The van der Waals surface area contributed by atoms with Crippen LogP contribution in [-0.2, 0) is 14.8 Å². The van der Waals surface area contributed by atoms with Crippen LogP contribution in [0, 0.1) is 0 Å². The largest absolute Gasteiger partial charge is 0.398 e. The molecule has 0 heterocycles. The van der Waals surface area contributed by atoms with Crippen LogP contribution in [-0.4, -0.2) is 31.7 Å². The van der Waals surface area contributed by atoms with E-state index in [2.05, 4.69) is 15.9 Å². The number of hydrogen-bond donors (Lipinski definition) is 2. The summed E-state index contributed by atoms with van der Waals surface area (Å²) in [5, 5.41) is 0. The molecule has 0 aliphatic rings. The van der Waals surface area contributed by atoms with Crippen LogP contribution in [0.2, 0.25) is 0 Å². The second-order valence-electron chi connectivity index (χ2n) is 4.34. The van der Waals surface area contributed by atoms with Gasteiger partial charge in [-0.3, -0.25) is 4.79 Å². The minimum absolute atomic E-state index is 0.0514. The smallest absolute Gasteiger partial charge is 0.243 e. The number of benzene rings is 1. The highest BCUT2D eigenvalue weighted by atomic mass is 79.9. The van der Waals surface area contributed by atoms with Gasteiger partial charge in [-0.25, -0.2) is 8.42 Å². The number of amides is 1. The van der Waals surface area contributed by atoms with Crippen LogP contribution in [0.15, 0.2) is 27.6 Å². The number of primary amides is 1. The van der Waals surface area contributed by atoms with Crippen LogP contribution in [0.3, 0.4) is 0 Å². The molecule has 112 valence electrons. The van der Waals surface area contributed by atoms with Gasteiger partial charge in [-0.2, -0.15) is 4.31 Å². The van der Waals surface area contributed by atoms with Crippen molar-refractivity contribution in [1.82, 2.24) is 4.31 Å². The number of carbonyl (C=O) groups is 1. The zero-order valence-corrected chi connectivity index (χ0v) is 13.6. The molecule has 0 saturated carbocycles. The number of anilines is 1. The number of unbranched alkanes of at least 4 members (excludes halogenated alkanes) is 1. The fourth-order valence-electron chi connectivity index (χ4n) is 1.62. The number of halogens is 1. The fourth-order valence-corrected chi connectivity index (χ4v) is 3.35. The maximum atomic E-state index is 12.5. The number of nitrogen functional groups attached to an aromatic ring is 1. The maximum Gasteiger partial charge on any atom is 0.243 e. The predicted octanol–water partition coefficient (Wildman–Crippen LogP) is 1.31. The van der Waals surface area contributed by atoms with Crippen LogP contribution in [0.4, 0.5) is 5.69 Å². The lowest BCUT2D eigenvalue weighted by Crippen LogP contribution is -2.39. The van der Waals surface area contributed by atoms with E-state index in [9.17, 15) is 13.2 Å². The van der Waals surface area contributed by atoms with Gasteiger partial charge in [-0.1, -0.05) is 13.3 Å². The fraction of sp³-hybridized carbons (Fsp3) is 0.417. The van der Waals surface area contributed by atoms with E-state index >= 15 is 0 Å². The second-order valence-corrected chi connectivity index (χ2v) is 7.13. The van der Waals surface area contributed by atoms with Crippen LogP contribution < -0.4 is 11.5 Å². The number of hydrogen-bond acceptors (Lipinski definition) is 4. The minimum Gasteiger partial charge on any atom is -0.398 e. The van der Waals surface area contributed by atoms with Gasteiger partial charge in [0.25, 0.3) is 0 Å². The molecule has 0 unspecified atom stereocenters. The molecule has 0 saturated heterocycles. The van der Waals surface area contributed by atoms with E-state index in [4.69, 9.17) is 11.5 Å². The Labute approximate surface area is 127 Å². The Hall–Kier alpha value is -1.12. The third kappa shape index (κ3) is 4.19. The molecule has 4 N–H and O–H groups in total. The molecule has 0 spiro atoms. The van der Waals surface area contributed by atoms with Gasteiger partial charge in [0, 0.05) is 16.7 Å². The van der Waals surface area contributed by atoms with Gasteiger partial charge in [0.1, 0.15) is 0 Å². The van der Waals surface area contributed by atoms with Crippen molar-refractivity contribution >= 4 is 37.5 Å². The van der Waals surface area contributed by atoms with Gasteiger partial charge >= 0.3 is 0 Å². The highest BCUT2D eigenvalue weighted by Crippen LogP contribution is 2.25.